The molecule has 1 aromatic carbocycles. The topological polar surface area (TPSA) is 111 Å². The van der Waals surface area contributed by atoms with Gasteiger partial charge in [0.25, 0.3) is 0 Å². The molecule has 0 spiro atoms. The van der Waals surface area contributed by atoms with Gasteiger partial charge in [-0.15, -0.1) is 10.2 Å². The first-order valence-electron chi connectivity index (χ1n) is 8.28. The minimum absolute atomic E-state index is 0.0105. The van der Waals surface area contributed by atoms with E-state index in [9.17, 15) is 17.6 Å². The zero-order valence-corrected chi connectivity index (χ0v) is 16.5. The number of halogens is 1. The molecular weight excluding hydrogens is 393 g/mol. The summed E-state index contributed by atoms with van der Waals surface area (Å²) in [7, 11) is -1.47. The maximum absolute atomic E-state index is 13.4. The second-order valence-corrected chi connectivity index (χ2v) is 9.99. The van der Waals surface area contributed by atoms with Crippen molar-refractivity contribution in [2.45, 2.75) is 29.8 Å². The van der Waals surface area contributed by atoms with Gasteiger partial charge in [-0.2, -0.15) is 0 Å². The van der Waals surface area contributed by atoms with Gasteiger partial charge in [-0.05, 0) is 25.5 Å². The van der Waals surface area contributed by atoms with Crippen molar-refractivity contribution < 1.29 is 17.6 Å². The van der Waals surface area contributed by atoms with Crippen molar-refractivity contribution >= 4 is 27.5 Å². The molecule has 0 aliphatic carbocycles. The third-order valence-corrected chi connectivity index (χ3v) is 7.28. The zero-order chi connectivity index (χ0) is 19.8. The first-order chi connectivity index (χ1) is 12.7. The molecule has 1 fully saturated rings. The van der Waals surface area contributed by atoms with Crippen LogP contribution in [0.3, 0.4) is 0 Å². The molecule has 1 amide bonds. The maximum atomic E-state index is 13.4. The van der Waals surface area contributed by atoms with Crippen LogP contribution in [0.15, 0.2) is 29.4 Å². The number of amides is 1. The molecule has 2 N–H and O–H groups in total. The lowest BCUT2D eigenvalue weighted by molar-refractivity contribution is -0.130. The Balaban J connectivity index is 1.71. The first kappa shape index (κ1) is 19.6. The van der Waals surface area contributed by atoms with Gasteiger partial charge in [-0.3, -0.25) is 4.79 Å². The van der Waals surface area contributed by atoms with Crippen LogP contribution in [0, 0.1) is 5.82 Å². The fourth-order valence-corrected chi connectivity index (χ4v) is 5.58. The molecule has 8 nitrogen and oxygen atoms in total. The molecular formula is C16H20FN5O3S2. The minimum Gasteiger partial charge on any atom is -0.341 e. The second kappa shape index (κ2) is 7.47. The van der Waals surface area contributed by atoms with Gasteiger partial charge in [0, 0.05) is 18.7 Å². The monoisotopic (exact) mass is 413 g/mol. The quantitative estimate of drug-likeness (QED) is 0.573. The van der Waals surface area contributed by atoms with Crippen molar-refractivity contribution in [3.8, 4) is 11.4 Å². The number of thioether (sulfide) groups is 1. The summed E-state index contributed by atoms with van der Waals surface area (Å²) in [4.78, 5) is 14.1. The molecule has 2 aromatic rings. The fourth-order valence-electron chi connectivity index (χ4n) is 2.94. The predicted molar refractivity (Wildman–Crippen MR) is 101 cm³/mol. The Hall–Kier alpha value is -2.14. The van der Waals surface area contributed by atoms with E-state index < -0.39 is 20.9 Å². The molecule has 27 heavy (non-hydrogen) atoms. The largest absolute Gasteiger partial charge is 0.341 e. The smallest absolute Gasteiger partial charge is 0.235 e. The maximum Gasteiger partial charge on any atom is 0.235 e. The minimum atomic E-state index is -3.07. The Kier molecular flexibility index (Phi) is 5.43. The highest BCUT2D eigenvalue weighted by Crippen LogP contribution is 2.27. The van der Waals surface area contributed by atoms with Crippen molar-refractivity contribution in [2.24, 2.45) is 0 Å². The third kappa shape index (κ3) is 4.24. The van der Waals surface area contributed by atoms with E-state index >= 15 is 0 Å². The Morgan fingerprint density at radius 3 is 2.81 bits per heavy atom. The van der Waals surface area contributed by atoms with Crippen LogP contribution in [0.4, 0.5) is 4.39 Å². The molecule has 1 aliphatic rings. The standard InChI is InChI=1S/C16H20FN5O3S2/c1-10(15(23)21(2)13-6-7-27(24,25)9-13)26-16-20-19-14(22(16)18)11-4-3-5-12(17)8-11/h3-5,8,10,13H,6-7,9,18H2,1-2H3/t10-,13-/m1/s1. The van der Waals surface area contributed by atoms with Gasteiger partial charge >= 0.3 is 0 Å². The molecule has 11 heteroatoms. The van der Waals surface area contributed by atoms with Crippen LogP contribution in [0.2, 0.25) is 0 Å². The summed E-state index contributed by atoms with van der Waals surface area (Å²) in [6.07, 6.45) is 0.443. The van der Waals surface area contributed by atoms with Crippen LogP contribution in [0.5, 0.6) is 0 Å². The van der Waals surface area contributed by atoms with Crippen LogP contribution in [-0.2, 0) is 14.6 Å². The normalized spacial score (nSPS) is 19.7. The van der Waals surface area contributed by atoms with E-state index in [-0.39, 0.29) is 29.3 Å². The van der Waals surface area contributed by atoms with Crippen molar-refractivity contribution in [2.75, 3.05) is 24.4 Å². The van der Waals surface area contributed by atoms with Gasteiger partial charge < -0.3 is 10.7 Å². The van der Waals surface area contributed by atoms with E-state index in [0.717, 1.165) is 11.8 Å². The number of rotatable bonds is 5. The predicted octanol–water partition coefficient (Wildman–Crippen LogP) is 0.924. The molecule has 0 radical (unpaired) electrons. The number of nitrogens with two attached hydrogens (primary N) is 1. The van der Waals surface area contributed by atoms with Crippen LogP contribution in [-0.4, -0.2) is 63.9 Å². The molecule has 0 saturated carbocycles. The molecule has 3 rings (SSSR count). The Bertz CT molecular complexity index is 963. The van der Waals surface area contributed by atoms with Gasteiger partial charge in [0.2, 0.25) is 11.1 Å². The van der Waals surface area contributed by atoms with Crippen LogP contribution < -0.4 is 5.84 Å². The number of benzene rings is 1. The van der Waals surface area contributed by atoms with E-state index in [1.165, 1.54) is 21.7 Å². The highest BCUT2D eigenvalue weighted by Gasteiger charge is 2.34. The summed E-state index contributed by atoms with van der Waals surface area (Å²) in [6, 6.07) is 5.50. The van der Waals surface area contributed by atoms with Gasteiger partial charge in [-0.1, -0.05) is 23.9 Å². The summed E-state index contributed by atoms with van der Waals surface area (Å²) in [5, 5.41) is 7.73. The number of hydrogen-bond donors (Lipinski definition) is 1. The van der Waals surface area contributed by atoms with Crippen LogP contribution in [0.25, 0.3) is 11.4 Å². The van der Waals surface area contributed by atoms with Crippen molar-refractivity contribution in [3.63, 3.8) is 0 Å². The fraction of sp³-hybridized carbons (Fsp3) is 0.438. The van der Waals surface area contributed by atoms with Crippen LogP contribution >= 0.6 is 11.8 Å². The number of carbonyl (C=O) groups is 1. The number of sulfone groups is 1. The number of nitrogens with zero attached hydrogens (tertiary/aromatic N) is 4. The Morgan fingerprint density at radius 2 is 2.19 bits per heavy atom. The molecule has 0 unspecified atom stereocenters. The molecule has 0 bridgehead atoms. The number of carbonyl (C=O) groups excluding carboxylic acids is 1. The van der Waals surface area contributed by atoms with E-state index in [1.807, 2.05) is 0 Å². The molecule has 1 aliphatic heterocycles. The van der Waals surface area contributed by atoms with E-state index in [1.54, 1.807) is 26.1 Å². The van der Waals surface area contributed by atoms with Gasteiger partial charge in [-0.25, -0.2) is 17.5 Å². The van der Waals surface area contributed by atoms with Gasteiger partial charge in [0.15, 0.2) is 15.7 Å². The first-order valence-corrected chi connectivity index (χ1v) is 11.0. The summed E-state index contributed by atoms with van der Waals surface area (Å²) in [6.45, 7) is 1.70. The highest BCUT2D eigenvalue weighted by molar-refractivity contribution is 8.00. The van der Waals surface area contributed by atoms with Crippen molar-refractivity contribution in [1.29, 1.82) is 0 Å². The average molecular weight is 414 g/mol. The van der Waals surface area contributed by atoms with Crippen molar-refractivity contribution in [3.05, 3.63) is 30.1 Å². The molecule has 2 atom stereocenters. The van der Waals surface area contributed by atoms with Gasteiger partial charge in [0.05, 0.1) is 16.8 Å². The van der Waals surface area contributed by atoms with Crippen molar-refractivity contribution in [1.82, 2.24) is 19.8 Å². The van der Waals surface area contributed by atoms with E-state index in [2.05, 4.69) is 10.2 Å². The Labute approximate surface area is 160 Å². The Morgan fingerprint density at radius 1 is 1.44 bits per heavy atom. The zero-order valence-electron chi connectivity index (χ0n) is 14.9. The SMILES string of the molecule is C[C@@H](Sc1nnc(-c2cccc(F)c2)n1N)C(=O)N(C)[C@@H]1CCS(=O)(=O)C1. The highest BCUT2D eigenvalue weighted by atomic mass is 32.2. The molecule has 1 aromatic heterocycles. The summed E-state index contributed by atoms with van der Waals surface area (Å²) >= 11 is 1.11. The molecule has 2 heterocycles. The third-order valence-electron chi connectivity index (χ3n) is 4.48. The molecule has 1 saturated heterocycles. The summed E-state index contributed by atoms with van der Waals surface area (Å²) in [5.74, 6) is 5.76. The molecule has 146 valence electrons. The summed E-state index contributed by atoms with van der Waals surface area (Å²) < 4.78 is 37.9. The summed E-state index contributed by atoms with van der Waals surface area (Å²) in [5.41, 5.74) is 0.476. The lowest BCUT2D eigenvalue weighted by atomic mass is 10.2. The van der Waals surface area contributed by atoms with Crippen LogP contribution in [0.1, 0.15) is 13.3 Å². The number of hydrogen-bond acceptors (Lipinski definition) is 7. The van der Waals surface area contributed by atoms with E-state index in [4.69, 9.17) is 5.84 Å². The number of aromatic nitrogens is 3. The lowest BCUT2D eigenvalue weighted by Crippen LogP contribution is -2.41. The average Bonchev–Trinajstić information content (AvgIpc) is 3.16. The number of nitrogen functional groups attached to an aromatic ring is 1. The lowest BCUT2D eigenvalue weighted by Gasteiger charge is -2.26. The van der Waals surface area contributed by atoms with E-state index in [0.29, 0.717) is 17.1 Å². The second-order valence-electron chi connectivity index (χ2n) is 6.45. The van der Waals surface area contributed by atoms with Gasteiger partial charge in [0.1, 0.15) is 5.82 Å².